The van der Waals surface area contributed by atoms with Crippen molar-refractivity contribution in [2.45, 2.75) is 19.9 Å². The summed E-state index contributed by atoms with van der Waals surface area (Å²) in [5.41, 5.74) is 1.20. The van der Waals surface area contributed by atoms with Gasteiger partial charge in [-0.2, -0.15) is 0 Å². The Morgan fingerprint density at radius 1 is 1.30 bits per heavy atom. The maximum atomic E-state index is 12.5. The molecule has 0 saturated carbocycles. The fourth-order valence-electron chi connectivity index (χ4n) is 2.80. The number of fused-ring (bicyclic) bond motifs is 1. The molecule has 2 amide bonds. The lowest BCUT2D eigenvalue weighted by molar-refractivity contribution is 0.0526. The summed E-state index contributed by atoms with van der Waals surface area (Å²) in [4.78, 5) is 39.8. The highest BCUT2D eigenvalue weighted by atomic mass is 79.9. The molecule has 0 bridgehead atoms. The molecule has 2 aromatic heterocycles. The molecule has 3 heterocycles. The van der Waals surface area contributed by atoms with Crippen LogP contribution in [0.1, 0.15) is 37.4 Å². The summed E-state index contributed by atoms with van der Waals surface area (Å²) in [7, 11) is 1.33. The predicted octanol–water partition coefficient (Wildman–Crippen LogP) is 4.13. The van der Waals surface area contributed by atoms with Crippen LogP contribution >= 0.6 is 38.6 Å². The first-order valence-corrected chi connectivity index (χ1v) is 10.6. The molecule has 10 heteroatoms. The number of ether oxygens (including phenoxy) is 2. The van der Waals surface area contributed by atoms with Crippen molar-refractivity contribution < 1.29 is 23.9 Å². The quantitative estimate of drug-likeness (QED) is 0.676. The lowest BCUT2D eigenvalue weighted by Crippen LogP contribution is -2.35. The van der Waals surface area contributed by atoms with Gasteiger partial charge in [-0.15, -0.1) is 22.7 Å². The maximum Gasteiger partial charge on any atom is 0.409 e. The number of esters is 1. The van der Waals surface area contributed by atoms with E-state index in [0.29, 0.717) is 35.0 Å². The minimum Gasteiger partial charge on any atom is -0.462 e. The molecule has 0 atom stereocenters. The molecule has 1 N–H and O–H groups in total. The number of hydrogen-bond acceptors (Lipinski definition) is 7. The van der Waals surface area contributed by atoms with Gasteiger partial charge in [0.1, 0.15) is 5.00 Å². The number of halogens is 1. The van der Waals surface area contributed by atoms with Crippen LogP contribution in [0.2, 0.25) is 0 Å². The molecule has 0 fully saturated rings. The summed E-state index contributed by atoms with van der Waals surface area (Å²) >= 11 is 5.93. The summed E-state index contributed by atoms with van der Waals surface area (Å²) in [5, 5.41) is 3.27. The fraction of sp³-hybridized carbons (Fsp3) is 0.353. The third kappa shape index (κ3) is 4.17. The second kappa shape index (κ2) is 8.41. The molecular formula is C17H17BrN2O5S2. The van der Waals surface area contributed by atoms with Gasteiger partial charge in [-0.1, -0.05) is 0 Å². The number of nitrogens with zero attached hydrogens (tertiary/aromatic N) is 1. The lowest BCUT2D eigenvalue weighted by atomic mass is 10.0. The zero-order valence-corrected chi connectivity index (χ0v) is 17.9. The molecule has 1 aliphatic rings. The summed E-state index contributed by atoms with van der Waals surface area (Å²) < 4.78 is 10.8. The van der Waals surface area contributed by atoms with Crippen molar-refractivity contribution in [1.82, 2.24) is 4.90 Å². The molecule has 0 spiro atoms. The summed E-state index contributed by atoms with van der Waals surface area (Å²) in [6, 6.07) is 3.50. The van der Waals surface area contributed by atoms with Crippen LogP contribution in [0.3, 0.4) is 0 Å². The predicted molar refractivity (Wildman–Crippen MR) is 107 cm³/mol. The van der Waals surface area contributed by atoms with Crippen LogP contribution in [-0.4, -0.2) is 43.1 Å². The fourth-order valence-corrected chi connectivity index (χ4v) is 5.32. The van der Waals surface area contributed by atoms with Gasteiger partial charge in [-0.25, -0.2) is 9.59 Å². The van der Waals surface area contributed by atoms with Gasteiger partial charge < -0.3 is 19.7 Å². The number of hydrogen-bond donors (Lipinski definition) is 1. The summed E-state index contributed by atoms with van der Waals surface area (Å²) in [6.07, 6.45) is 0.0796. The molecule has 3 rings (SSSR count). The van der Waals surface area contributed by atoms with E-state index in [1.165, 1.54) is 29.8 Å². The topological polar surface area (TPSA) is 84.9 Å². The van der Waals surface area contributed by atoms with Crippen molar-refractivity contribution in [3.8, 4) is 0 Å². The molecule has 0 aliphatic carbocycles. The van der Waals surface area contributed by atoms with Crippen LogP contribution < -0.4 is 5.32 Å². The van der Waals surface area contributed by atoms with Crippen LogP contribution in [0.4, 0.5) is 9.80 Å². The first-order valence-electron chi connectivity index (χ1n) is 8.15. The van der Waals surface area contributed by atoms with Gasteiger partial charge in [0.05, 0.1) is 34.5 Å². The van der Waals surface area contributed by atoms with Crippen molar-refractivity contribution in [3.05, 3.63) is 36.8 Å². The minimum absolute atomic E-state index is 0.239. The van der Waals surface area contributed by atoms with Crippen molar-refractivity contribution in [2.75, 3.05) is 25.6 Å². The van der Waals surface area contributed by atoms with E-state index in [-0.39, 0.29) is 12.5 Å². The lowest BCUT2D eigenvalue weighted by Gasteiger charge is -2.25. The van der Waals surface area contributed by atoms with Gasteiger partial charge >= 0.3 is 12.1 Å². The van der Waals surface area contributed by atoms with E-state index in [1.807, 2.05) is 0 Å². The van der Waals surface area contributed by atoms with Crippen molar-refractivity contribution >= 4 is 61.6 Å². The minimum atomic E-state index is -0.468. The van der Waals surface area contributed by atoms with E-state index in [4.69, 9.17) is 9.47 Å². The van der Waals surface area contributed by atoms with E-state index in [2.05, 4.69) is 21.2 Å². The highest BCUT2D eigenvalue weighted by Crippen LogP contribution is 2.38. The number of amides is 2. The molecular weight excluding hydrogens is 456 g/mol. The number of rotatable bonds is 4. The van der Waals surface area contributed by atoms with E-state index >= 15 is 0 Å². The molecule has 0 radical (unpaired) electrons. The Morgan fingerprint density at radius 2 is 2.07 bits per heavy atom. The molecule has 1 aliphatic heterocycles. The van der Waals surface area contributed by atoms with Gasteiger partial charge in [0.2, 0.25) is 0 Å². The second-order valence-corrected chi connectivity index (χ2v) is 9.20. The highest BCUT2D eigenvalue weighted by molar-refractivity contribution is 9.11. The number of carbonyl (C=O) groups is 3. The van der Waals surface area contributed by atoms with E-state index in [9.17, 15) is 14.4 Å². The molecule has 0 unspecified atom stereocenters. The summed E-state index contributed by atoms with van der Waals surface area (Å²) in [5.74, 6) is -0.760. The van der Waals surface area contributed by atoms with Gasteiger partial charge in [-0.3, -0.25) is 4.79 Å². The third-order valence-corrected chi connectivity index (χ3v) is 6.75. The Kier molecular flexibility index (Phi) is 6.18. The molecule has 27 heavy (non-hydrogen) atoms. The first kappa shape index (κ1) is 19.8. The van der Waals surface area contributed by atoms with Crippen molar-refractivity contribution in [2.24, 2.45) is 0 Å². The SMILES string of the molecule is CCOC(=O)c1c(NC(=O)c2ccc(Br)s2)sc2c1CCN(C(=O)OC)C2. The van der Waals surface area contributed by atoms with Gasteiger partial charge in [0, 0.05) is 11.4 Å². The van der Waals surface area contributed by atoms with Crippen LogP contribution in [0.25, 0.3) is 0 Å². The Morgan fingerprint density at radius 3 is 2.70 bits per heavy atom. The standard InChI is InChI=1S/C17H17BrN2O5S2/c1-3-25-16(22)13-9-6-7-20(17(23)24-2)8-11(9)27-15(13)19-14(21)10-4-5-12(18)26-10/h4-5H,3,6-8H2,1-2H3,(H,19,21). The smallest absolute Gasteiger partial charge is 0.409 e. The number of thiophene rings is 2. The Labute approximate surface area is 172 Å². The van der Waals surface area contributed by atoms with Gasteiger partial charge in [0.15, 0.2) is 0 Å². The number of methoxy groups -OCH3 is 1. The Hall–Kier alpha value is -1.91. The van der Waals surface area contributed by atoms with Crippen LogP contribution in [0.15, 0.2) is 15.9 Å². The van der Waals surface area contributed by atoms with E-state index in [1.54, 1.807) is 24.0 Å². The van der Waals surface area contributed by atoms with Gasteiger partial charge in [-0.05, 0) is 47.0 Å². The zero-order valence-electron chi connectivity index (χ0n) is 14.7. The molecule has 2 aromatic rings. The monoisotopic (exact) mass is 472 g/mol. The second-order valence-electron chi connectivity index (χ2n) is 5.63. The van der Waals surface area contributed by atoms with Crippen LogP contribution in [0.5, 0.6) is 0 Å². The van der Waals surface area contributed by atoms with Crippen molar-refractivity contribution in [1.29, 1.82) is 0 Å². The molecule has 144 valence electrons. The first-order chi connectivity index (χ1) is 12.9. The maximum absolute atomic E-state index is 12.5. The number of carbonyl (C=O) groups excluding carboxylic acids is 3. The van der Waals surface area contributed by atoms with Crippen molar-refractivity contribution in [3.63, 3.8) is 0 Å². The number of anilines is 1. The van der Waals surface area contributed by atoms with E-state index in [0.717, 1.165) is 14.2 Å². The van der Waals surface area contributed by atoms with Gasteiger partial charge in [0.25, 0.3) is 5.91 Å². The average Bonchev–Trinajstić information content (AvgIpc) is 3.23. The largest absolute Gasteiger partial charge is 0.462 e. The normalized spacial score (nSPS) is 13.1. The highest BCUT2D eigenvalue weighted by Gasteiger charge is 2.31. The molecule has 0 aromatic carbocycles. The summed E-state index contributed by atoms with van der Waals surface area (Å²) in [6.45, 7) is 2.74. The van der Waals surface area contributed by atoms with Crippen LogP contribution in [-0.2, 0) is 22.4 Å². The Balaban J connectivity index is 1.93. The Bertz CT molecular complexity index is 892. The number of nitrogens with one attached hydrogen (secondary N) is 1. The van der Waals surface area contributed by atoms with Crippen LogP contribution in [0, 0.1) is 0 Å². The average molecular weight is 473 g/mol. The molecule has 0 saturated heterocycles. The van der Waals surface area contributed by atoms with E-state index < -0.39 is 12.1 Å². The zero-order chi connectivity index (χ0) is 19.6. The molecule has 7 nitrogen and oxygen atoms in total. The third-order valence-electron chi connectivity index (χ3n) is 3.99.